The van der Waals surface area contributed by atoms with E-state index >= 15 is 0 Å². The van der Waals surface area contributed by atoms with Crippen molar-refractivity contribution in [3.05, 3.63) is 68.8 Å². The van der Waals surface area contributed by atoms with Crippen molar-refractivity contribution in [2.24, 2.45) is 0 Å². The van der Waals surface area contributed by atoms with Crippen LogP contribution in [0.25, 0.3) is 0 Å². The fraction of sp³-hybridized carbons (Fsp3) is 0.294. The summed E-state index contributed by atoms with van der Waals surface area (Å²) in [5.74, 6) is 0. The first-order chi connectivity index (χ1) is 9.19. The standard InChI is InChI=1S/C17H20IN/c1-3-19-17(15-5-4-6-16(18)12-15)11-14-9-7-13(2)8-10-14/h4-10,12,17,19H,3,11H2,1-2H3. The molecule has 0 saturated carbocycles. The van der Waals surface area contributed by atoms with Crippen LogP contribution in [0.2, 0.25) is 0 Å². The maximum atomic E-state index is 3.59. The van der Waals surface area contributed by atoms with E-state index in [0.717, 1.165) is 13.0 Å². The van der Waals surface area contributed by atoms with Crippen LogP contribution in [-0.4, -0.2) is 6.54 Å². The summed E-state index contributed by atoms with van der Waals surface area (Å²) in [5.41, 5.74) is 4.07. The molecule has 1 nitrogen and oxygen atoms in total. The molecule has 0 saturated heterocycles. The Morgan fingerprint density at radius 2 is 1.84 bits per heavy atom. The van der Waals surface area contributed by atoms with Crippen LogP contribution in [-0.2, 0) is 6.42 Å². The molecule has 2 aromatic carbocycles. The highest BCUT2D eigenvalue weighted by atomic mass is 127. The molecule has 0 aliphatic heterocycles. The number of hydrogen-bond acceptors (Lipinski definition) is 1. The van der Waals surface area contributed by atoms with E-state index in [1.165, 1.54) is 20.3 Å². The second-order valence-electron chi connectivity index (χ2n) is 4.85. The van der Waals surface area contributed by atoms with Crippen LogP contribution < -0.4 is 5.32 Å². The monoisotopic (exact) mass is 365 g/mol. The molecule has 0 fully saturated rings. The van der Waals surface area contributed by atoms with E-state index < -0.39 is 0 Å². The molecule has 0 aliphatic rings. The highest BCUT2D eigenvalue weighted by molar-refractivity contribution is 14.1. The molecule has 2 heteroatoms. The Morgan fingerprint density at radius 1 is 1.11 bits per heavy atom. The number of hydrogen-bond donors (Lipinski definition) is 1. The molecule has 1 atom stereocenters. The van der Waals surface area contributed by atoms with Gasteiger partial charge in [-0.15, -0.1) is 0 Å². The van der Waals surface area contributed by atoms with Gasteiger partial charge in [0.15, 0.2) is 0 Å². The van der Waals surface area contributed by atoms with Crippen LogP contribution in [0.15, 0.2) is 48.5 Å². The van der Waals surface area contributed by atoms with E-state index in [9.17, 15) is 0 Å². The number of likely N-dealkylation sites (N-methyl/N-ethyl adjacent to an activating group) is 1. The zero-order valence-electron chi connectivity index (χ0n) is 11.5. The predicted octanol–water partition coefficient (Wildman–Crippen LogP) is 4.49. The van der Waals surface area contributed by atoms with Crippen LogP contribution in [0.5, 0.6) is 0 Å². The zero-order valence-corrected chi connectivity index (χ0v) is 13.6. The smallest absolute Gasteiger partial charge is 0.0361 e. The summed E-state index contributed by atoms with van der Waals surface area (Å²) in [7, 11) is 0. The molecule has 2 aromatic rings. The van der Waals surface area contributed by atoms with Crippen molar-refractivity contribution >= 4 is 22.6 Å². The van der Waals surface area contributed by atoms with Gasteiger partial charge in [-0.05, 0) is 65.7 Å². The normalized spacial score (nSPS) is 12.4. The summed E-state index contributed by atoms with van der Waals surface area (Å²) in [4.78, 5) is 0. The first-order valence-electron chi connectivity index (χ1n) is 6.73. The van der Waals surface area contributed by atoms with Gasteiger partial charge in [-0.1, -0.05) is 48.9 Å². The Bertz CT molecular complexity index is 519. The van der Waals surface area contributed by atoms with Gasteiger partial charge in [0.2, 0.25) is 0 Å². The number of halogens is 1. The molecule has 0 radical (unpaired) electrons. The van der Waals surface area contributed by atoms with E-state index in [1.54, 1.807) is 0 Å². The Hall–Kier alpha value is -0.870. The average Bonchev–Trinajstić information content (AvgIpc) is 2.41. The Morgan fingerprint density at radius 3 is 2.47 bits per heavy atom. The van der Waals surface area contributed by atoms with Gasteiger partial charge < -0.3 is 5.32 Å². The average molecular weight is 365 g/mol. The molecule has 19 heavy (non-hydrogen) atoms. The Balaban J connectivity index is 2.18. The van der Waals surface area contributed by atoms with E-state index in [2.05, 4.69) is 90.3 Å². The summed E-state index contributed by atoms with van der Waals surface area (Å²) in [6, 6.07) is 18.0. The highest BCUT2D eigenvalue weighted by Crippen LogP contribution is 2.20. The lowest BCUT2D eigenvalue weighted by molar-refractivity contribution is 0.549. The molecular weight excluding hydrogens is 345 g/mol. The van der Waals surface area contributed by atoms with Gasteiger partial charge in [0.1, 0.15) is 0 Å². The molecular formula is C17H20IN. The second kappa shape index (κ2) is 7.06. The summed E-state index contributed by atoms with van der Waals surface area (Å²) >= 11 is 2.37. The van der Waals surface area contributed by atoms with Crippen molar-refractivity contribution in [3.8, 4) is 0 Å². The summed E-state index contributed by atoms with van der Waals surface area (Å²) in [6.07, 6.45) is 1.04. The fourth-order valence-corrected chi connectivity index (χ4v) is 2.80. The summed E-state index contributed by atoms with van der Waals surface area (Å²) < 4.78 is 1.29. The lowest BCUT2D eigenvalue weighted by Gasteiger charge is -2.19. The SMILES string of the molecule is CCNC(Cc1ccc(C)cc1)c1cccc(I)c1. The van der Waals surface area contributed by atoms with Gasteiger partial charge >= 0.3 is 0 Å². The molecule has 100 valence electrons. The van der Waals surface area contributed by atoms with Crippen molar-refractivity contribution < 1.29 is 0 Å². The number of aryl methyl sites for hydroxylation is 1. The van der Waals surface area contributed by atoms with Crippen LogP contribution in [0.4, 0.5) is 0 Å². The molecule has 0 aliphatic carbocycles. The lowest BCUT2D eigenvalue weighted by atomic mass is 9.98. The van der Waals surface area contributed by atoms with Crippen molar-refractivity contribution in [1.29, 1.82) is 0 Å². The van der Waals surface area contributed by atoms with Crippen molar-refractivity contribution in [2.45, 2.75) is 26.3 Å². The third-order valence-corrected chi connectivity index (χ3v) is 3.93. The topological polar surface area (TPSA) is 12.0 Å². The Labute approximate surface area is 129 Å². The minimum absolute atomic E-state index is 0.391. The highest BCUT2D eigenvalue weighted by Gasteiger charge is 2.11. The number of rotatable bonds is 5. The van der Waals surface area contributed by atoms with E-state index in [4.69, 9.17) is 0 Å². The number of nitrogens with one attached hydrogen (secondary N) is 1. The minimum atomic E-state index is 0.391. The third kappa shape index (κ3) is 4.32. The molecule has 0 bridgehead atoms. The largest absolute Gasteiger partial charge is 0.310 e. The van der Waals surface area contributed by atoms with Crippen LogP contribution >= 0.6 is 22.6 Å². The molecule has 0 aromatic heterocycles. The first-order valence-corrected chi connectivity index (χ1v) is 7.81. The van der Waals surface area contributed by atoms with Crippen molar-refractivity contribution in [1.82, 2.24) is 5.32 Å². The molecule has 0 heterocycles. The number of benzene rings is 2. The van der Waals surface area contributed by atoms with Gasteiger partial charge in [-0.2, -0.15) is 0 Å². The molecule has 1 unspecified atom stereocenters. The van der Waals surface area contributed by atoms with Gasteiger partial charge in [0, 0.05) is 9.61 Å². The van der Waals surface area contributed by atoms with E-state index in [-0.39, 0.29) is 0 Å². The summed E-state index contributed by atoms with van der Waals surface area (Å²) in [6.45, 7) is 5.28. The van der Waals surface area contributed by atoms with Gasteiger partial charge in [-0.3, -0.25) is 0 Å². The maximum absolute atomic E-state index is 3.59. The molecule has 0 spiro atoms. The minimum Gasteiger partial charge on any atom is -0.310 e. The van der Waals surface area contributed by atoms with Crippen molar-refractivity contribution in [3.63, 3.8) is 0 Å². The van der Waals surface area contributed by atoms with E-state index in [0.29, 0.717) is 6.04 Å². The summed E-state index contributed by atoms with van der Waals surface area (Å²) in [5, 5.41) is 3.59. The molecule has 0 amide bonds. The van der Waals surface area contributed by atoms with Gasteiger partial charge in [-0.25, -0.2) is 0 Å². The third-order valence-electron chi connectivity index (χ3n) is 3.26. The fourth-order valence-electron chi connectivity index (χ4n) is 2.24. The van der Waals surface area contributed by atoms with Crippen molar-refractivity contribution in [2.75, 3.05) is 6.54 Å². The van der Waals surface area contributed by atoms with Gasteiger partial charge in [0.25, 0.3) is 0 Å². The lowest BCUT2D eigenvalue weighted by Crippen LogP contribution is -2.23. The second-order valence-corrected chi connectivity index (χ2v) is 6.10. The molecule has 1 N–H and O–H groups in total. The maximum Gasteiger partial charge on any atom is 0.0361 e. The Kier molecular flexibility index (Phi) is 5.40. The zero-order chi connectivity index (χ0) is 13.7. The predicted molar refractivity (Wildman–Crippen MR) is 90.5 cm³/mol. The first kappa shape index (κ1) is 14.5. The van der Waals surface area contributed by atoms with Crippen LogP contribution in [0, 0.1) is 10.5 Å². The van der Waals surface area contributed by atoms with E-state index in [1.807, 2.05) is 0 Å². The van der Waals surface area contributed by atoms with Gasteiger partial charge in [0.05, 0.1) is 0 Å². The quantitative estimate of drug-likeness (QED) is 0.770. The molecule has 2 rings (SSSR count). The van der Waals surface area contributed by atoms with Crippen LogP contribution in [0.3, 0.4) is 0 Å². The van der Waals surface area contributed by atoms with Crippen LogP contribution in [0.1, 0.15) is 29.7 Å².